The monoisotopic (exact) mass is 358 g/mol. The van der Waals surface area contributed by atoms with Crippen LogP contribution in [0.4, 0.5) is 15.0 Å². The van der Waals surface area contributed by atoms with Gasteiger partial charge < -0.3 is 20.2 Å². The number of carbonyl (C=O) groups excluding carboxylic acids is 1. The van der Waals surface area contributed by atoms with Crippen molar-refractivity contribution in [1.29, 1.82) is 0 Å². The average molecular weight is 358 g/mol. The molecule has 2 heterocycles. The number of aromatic carboxylic acids is 1. The van der Waals surface area contributed by atoms with Crippen molar-refractivity contribution in [3.8, 4) is 0 Å². The average Bonchev–Trinajstić information content (AvgIpc) is 2.67. The van der Waals surface area contributed by atoms with Crippen LogP contribution in [-0.2, 0) is 6.54 Å². The third kappa shape index (κ3) is 4.08. The molecule has 3 rings (SSSR count). The summed E-state index contributed by atoms with van der Waals surface area (Å²) in [6, 6.07) is 9.07. The van der Waals surface area contributed by atoms with E-state index in [1.54, 1.807) is 29.3 Å². The van der Waals surface area contributed by atoms with E-state index in [1.165, 1.54) is 18.2 Å². The van der Waals surface area contributed by atoms with E-state index in [-0.39, 0.29) is 17.4 Å². The number of rotatable bonds is 4. The highest BCUT2D eigenvalue weighted by Gasteiger charge is 2.23. The van der Waals surface area contributed by atoms with E-state index >= 15 is 0 Å². The third-order valence-electron chi connectivity index (χ3n) is 4.25. The molecule has 0 atom stereocenters. The van der Waals surface area contributed by atoms with Gasteiger partial charge in [0.1, 0.15) is 0 Å². The molecule has 0 radical (unpaired) electrons. The Bertz CT molecular complexity index is 789. The standard InChI is InChI=1S/C18H19FN4O3/c19-15-2-1-7-20-16(15)22-8-10-23(11-9-22)18(26)21-12-13-3-5-14(6-4-13)17(24)25/h1-7H,8-12H2,(H,21,26)(H,24,25). The predicted octanol–water partition coefficient (Wildman–Crippen LogP) is 1.95. The van der Waals surface area contributed by atoms with Gasteiger partial charge in [0.15, 0.2) is 11.6 Å². The van der Waals surface area contributed by atoms with Gasteiger partial charge >= 0.3 is 12.0 Å². The number of piperazine rings is 1. The van der Waals surface area contributed by atoms with Gasteiger partial charge in [-0.05, 0) is 29.8 Å². The summed E-state index contributed by atoms with van der Waals surface area (Å²) in [5.74, 6) is -1.04. The van der Waals surface area contributed by atoms with E-state index in [9.17, 15) is 14.0 Å². The molecule has 2 amide bonds. The molecule has 26 heavy (non-hydrogen) atoms. The van der Waals surface area contributed by atoms with Gasteiger partial charge in [0, 0.05) is 38.9 Å². The molecule has 2 N–H and O–H groups in total. The second-order valence-electron chi connectivity index (χ2n) is 5.94. The lowest BCUT2D eigenvalue weighted by molar-refractivity contribution is 0.0697. The molecule has 1 saturated heterocycles. The van der Waals surface area contributed by atoms with Crippen molar-refractivity contribution in [3.05, 3.63) is 59.5 Å². The minimum Gasteiger partial charge on any atom is -0.478 e. The lowest BCUT2D eigenvalue weighted by Crippen LogP contribution is -2.52. The van der Waals surface area contributed by atoms with E-state index in [0.29, 0.717) is 38.5 Å². The number of hydrogen-bond donors (Lipinski definition) is 2. The maximum atomic E-state index is 13.8. The first-order valence-electron chi connectivity index (χ1n) is 8.25. The summed E-state index contributed by atoms with van der Waals surface area (Å²) in [7, 11) is 0. The van der Waals surface area contributed by atoms with Gasteiger partial charge in [0.25, 0.3) is 0 Å². The summed E-state index contributed by atoms with van der Waals surface area (Å²) in [5, 5.41) is 11.7. The fraction of sp³-hybridized carbons (Fsp3) is 0.278. The molecule has 1 aromatic carbocycles. The zero-order valence-corrected chi connectivity index (χ0v) is 14.1. The Morgan fingerprint density at radius 1 is 1.12 bits per heavy atom. The quantitative estimate of drug-likeness (QED) is 0.873. The van der Waals surface area contributed by atoms with Gasteiger partial charge in [-0.15, -0.1) is 0 Å². The van der Waals surface area contributed by atoms with Gasteiger partial charge in [0.2, 0.25) is 0 Å². The SMILES string of the molecule is O=C(O)c1ccc(CNC(=O)N2CCN(c3ncccc3F)CC2)cc1. The summed E-state index contributed by atoms with van der Waals surface area (Å²) in [6.07, 6.45) is 1.55. The minimum atomic E-state index is -0.984. The highest BCUT2D eigenvalue weighted by atomic mass is 19.1. The van der Waals surface area contributed by atoms with E-state index in [4.69, 9.17) is 5.11 Å². The number of aromatic nitrogens is 1. The molecule has 7 nitrogen and oxygen atoms in total. The van der Waals surface area contributed by atoms with E-state index in [1.807, 2.05) is 4.90 Å². The first kappa shape index (κ1) is 17.7. The predicted molar refractivity (Wildman–Crippen MR) is 93.6 cm³/mol. The van der Waals surface area contributed by atoms with Crippen molar-refractivity contribution in [2.45, 2.75) is 6.54 Å². The smallest absolute Gasteiger partial charge is 0.335 e. The van der Waals surface area contributed by atoms with Gasteiger partial charge in [-0.1, -0.05) is 12.1 Å². The first-order valence-corrected chi connectivity index (χ1v) is 8.25. The lowest BCUT2D eigenvalue weighted by atomic mass is 10.1. The maximum absolute atomic E-state index is 13.8. The Balaban J connectivity index is 1.49. The van der Waals surface area contributed by atoms with Crippen LogP contribution in [0, 0.1) is 5.82 Å². The Hall–Kier alpha value is -3.16. The van der Waals surface area contributed by atoms with Crippen LogP contribution in [0.1, 0.15) is 15.9 Å². The number of carboxylic acids is 1. The van der Waals surface area contributed by atoms with Crippen molar-refractivity contribution in [2.24, 2.45) is 0 Å². The molecular formula is C18H19FN4O3. The van der Waals surface area contributed by atoms with Crippen molar-refractivity contribution in [2.75, 3.05) is 31.1 Å². The van der Waals surface area contributed by atoms with Crippen LogP contribution in [0.5, 0.6) is 0 Å². The van der Waals surface area contributed by atoms with Crippen LogP contribution in [0.15, 0.2) is 42.6 Å². The molecule has 136 valence electrons. The zero-order chi connectivity index (χ0) is 18.5. The Kier molecular flexibility index (Phi) is 5.31. The summed E-state index contributed by atoms with van der Waals surface area (Å²) >= 11 is 0. The van der Waals surface area contributed by atoms with Crippen LogP contribution in [0.3, 0.4) is 0 Å². The number of carboxylic acid groups (broad SMARTS) is 1. The number of nitrogens with zero attached hydrogens (tertiary/aromatic N) is 3. The number of urea groups is 1. The molecule has 0 saturated carbocycles. The van der Waals surface area contributed by atoms with E-state index < -0.39 is 5.97 Å². The fourth-order valence-electron chi connectivity index (χ4n) is 2.79. The maximum Gasteiger partial charge on any atom is 0.335 e. The van der Waals surface area contributed by atoms with Gasteiger partial charge in [-0.2, -0.15) is 0 Å². The number of benzene rings is 1. The molecule has 0 spiro atoms. The third-order valence-corrected chi connectivity index (χ3v) is 4.25. The molecule has 2 aromatic rings. The van der Waals surface area contributed by atoms with Gasteiger partial charge in [-0.3, -0.25) is 0 Å². The Morgan fingerprint density at radius 3 is 2.42 bits per heavy atom. The highest BCUT2D eigenvalue weighted by molar-refractivity contribution is 5.87. The van der Waals surface area contributed by atoms with Gasteiger partial charge in [-0.25, -0.2) is 19.0 Å². The summed E-state index contributed by atoms with van der Waals surface area (Å²) in [5.41, 5.74) is 1.02. The lowest BCUT2D eigenvalue weighted by Gasteiger charge is -2.35. The van der Waals surface area contributed by atoms with E-state index in [0.717, 1.165) is 5.56 Å². The number of nitrogens with one attached hydrogen (secondary N) is 1. The van der Waals surface area contributed by atoms with Crippen molar-refractivity contribution < 1.29 is 19.1 Å². The fourth-order valence-corrected chi connectivity index (χ4v) is 2.79. The molecule has 0 bridgehead atoms. The summed E-state index contributed by atoms with van der Waals surface area (Å²) in [4.78, 5) is 30.6. The normalized spacial score (nSPS) is 14.2. The Morgan fingerprint density at radius 2 is 1.81 bits per heavy atom. The van der Waals surface area contributed by atoms with Crippen LogP contribution in [0.25, 0.3) is 0 Å². The minimum absolute atomic E-state index is 0.201. The molecule has 1 fully saturated rings. The molecule has 0 unspecified atom stereocenters. The second kappa shape index (κ2) is 7.81. The van der Waals surface area contributed by atoms with Gasteiger partial charge in [0.05, 0.1) is 5.56 Å². The highest BCUT2D eigenvalue weighted by Crippen LogP contribution is 2.17. The van der Waals surface area contributed by atoms with Crippen molar-refractivity contribution >= 4 is 17.8 Å². The van der Waals surface area contributed by atoms with Crippen LogP contribution in [0.2, 0.25) is 0 Å². The topological polar surface area (TPSA) is 85.8 Å². The van der Waals surface area contributed by atoms with Crippen molar-refractivity contribution in [3.63, 3.8) is 0 Å². The number of anilines is 1. The number of hydrogen-bond acceptors (Lipinski definition) is 4. The largest absolute Gasteiger partial charge is 0.478 e. The second-order valence-corrected chi connectivity index (χ2v) is 5.94. The Labute approximate surface area is 150 Å². The van der Waals surface area contributed by atoms with Crippen LogP contribution >= 0.6 is 0 Å². The van der Waals surface area contributed by atoms with Crippen molar-refractivity contribution in [1.82, 2.24) is 15.2 Å². The molecular weight excluding hydrogens is 339 g/mol. The van der Waals surface area contributed by atoms with E-state index in [2.05, 4.69) is 10.3 Å². The molecule has 1 aliphatic heterocycles. The van der Waals surface area contributed by atoms with Crippen LogP contribution in [-0.4, -0.2) is 53.2 Å². The molecule has 1 aromatic heterocycles. The number of halogens is 1. The number of pyridine rings is 1. The first-order chi connectivity index (χ1) is 12.5. The number of carbonyl (C=O) groups is 2. The zero-order valence-electron chi connectivity index (χ0n) is 14.1. The summed E-state index contributed by atoms with van der Waals surface area (Å²) < 4.78 is 13.8. The molecule has 0 aliphatic carbocycles. The molecule has 1 aliphatic rings. The van der Waals surface area contributed by atoms with Crippen LogP contribution < -0.4 is 10.2 Å². The summed E-state index contributed by atoms with van der Waals surface area (Å²) in [6.45, 7) is 2.27. The molecule has 8 heteroatoms. The number of amides is 2.